The molecule has 0 aromatic carbocycles. The van der Waals surface area contributed by atoms with Crippen LogP contribution in [0.2, 0.25) is 18.1 Å². The highest BCUT2D eigenvalue weighted by Crippen LogP contribution is 2.49. The van der Waals surface area contributed by atoms with Gasteiger partial charge in [-0.1, -0.05) is 73.4 Å². The highest BCUT2D eigenvalue weighted by molar-refractivity contribution is 6.74. The SMILES string of the molecule is CO[C@H]1CC(=O)O[C@H](/C(C)=C/c2cc(C)no2)C[C@@H]2N(CCO[Si](C)(C)C(C)(C)C)[C@]2(C)CCC[C@H](C)[C@H](C)[C@@H](C)C(=O)C1(C)C. The Kier molecular flexibility index (Phi) is 12.4. The number of fused-ring (bicyclic) bond motifs is 1. The Bertz CT molecular complexity index is 1230. The van der Waals surface area contributed by atoms with E-state index in [1.807, 2.05) is 46.8 Å². The lowest BCUT2D eigenvalue weighted by molar-refractivity contribution is -0.155. The Hall–Kier alpha value is -1.81. The predicted octanol–water partition coefficient (Wildman–Crippen LogP) is 8.25. The lowest BCUT2D eigenvalue weighted by atomic mass is 9.70. The first kappa shape index (κ1) is 38.6. The molecule has 0 bridgehead atoms. The Morgan fingerprint density at radius 3 is 2.39 bits per heavy atom. The molecular formula is C37H64N2O6Si. The number of carbonyl (C=O) groups excluding carboxylic acids is 2. The third kappa shape index (κ3) is 8.80. The Morgan fingerprint density at radius 2 is 1.83 bits per heavy atom. The van der Waals surface area contributed by atoms with Crippen LogP contribution >= 0.6 is 0 Å². The van der Waals surface area contributed by atoms with Crippen molar-refractivity contribution >= 4 is 26.1 Å². The fourth-order valence-electron chi connectivity index (χ4n) is 7.11. The molecule has 3 heterocycles. The molecule has 0 aliphatic carbocycles. The normalized spacial score (nSPS) is 33.8. The molecule has 0 spiro atoms. The molecule has 2 saturated heterocycles. The van der Waals surface area contributed by atoms with Gasteiger partial charge in [-0.05, 0) is 68.8 Å². The van der Waals surface area contributed by atoms with Crippen LogP contribution < -0.4 is 0 Å². The van der Waals surface area contributed by atoms with Crippen molar-refractivity contribution in [3.05, 3.63) is 23.1 Å². The first-order valence-corrected chi connectivity index (χ1v) is 20.3. The maximum absolute atomic E-state index is 13.9. The zero-order valence-corrected chi connectivity index (χ0v) is 32.4. The van der Waals surface area contributed by atoms with Crippen LogP contribution in [0.3, 0.4) is 0 Å². The minimum Gasteiger partial charge on any atom is -0.458 e. The van der Waals surface area contributed by atoms with Gasteiger partial charge < -0.3 is 18.4 Å². The van der Waals surface area contributed by atoms with Crippen LogP contribution in [0.1, 0.15) is 113 Å². The van der Waals surface area contributed by atoms with E-state index in [9.17, 15) is 9.59 Å². The van der Waals surface area contributed by atoms with E-state index >= 15 is 0 Å². The summed E-state index contributed by atoms with van der Waals surface area (Å²) in [5, 5.41) is 4.18. The first-order valence-electron chi connectivity index (χ1n) is 17.4. The molecular weight excluding hydrogens is 597 g/mol. The van der Waals surface area contributed by atoms with E-state index in [1.54, 1.807) is 7.11 Å². The number of rotatable bonds is 7. The maximum Gasteiger partial charge on any atom is 0.309 e. The van der Waals surface area contributed by atoms with Crippen molar-refractivity contribution in [1.82, 2.24) is 10.1 Å². The molecule has 1 aromatic rings. The quantitative estimate of drug-likeness (QED) is 0.164. The third-order valence-electron chi connectivity index (χ3n) is 12.0. The summed E-state index contributed by atoms with van der Waals surface area (Å²) >= 11 is 0. The van der Waals surface area contributed by atoms with Crippen LogP contribution in [0, 0.1) is 30.1 Å². The van der Waals surface area contributed by atoms with Crippen LogP contribution in [0.4, 0.5) is 0 Å². The predicted molar refractivity (Wildman–Crippen MR) is 187 cm³/mol. The van der Waals surface area contributed by atoms with E-state index in [2.05, 4.69) is 64.7 Å². The Morgan fingerprint density at radius 1 is 1.17 bits per heavy atom. The van der Waals surface area contributed by atoms with Gasteiger partial charge in [0.25, 0.3) is 0 Å². The molecule has 2 fully saturated rings. The molecule has 0 amide bonds. The van der Waals surface area contributed by atoms with Gasteiger partial charge in [-0.15, -0.1) is 0 Å². The highest BCUT2D eigenvalue weighted by atomic mass is 28.4. The number of aromatic nitrogens is 1. The molecule has 9 heteroatoms. The summed E-state index contributed by atoms with van der Waals surface area (Å²) in [6.45, 7) is 29.5. The zero-order valence-electron chi connectivity index (χ0n) is 31.4. The summed E-state index contributed by atoms with van der Waals surface area (Å²) in [5.41, 5.74) is 0.830. The topological polar surface area (TPSA) is 90.9 Å². The van der Waals surface area contributed by atoms with Gasteiger partial charge in [-0.2, -0.15) is 0 Å². The lowest BCUT2D eigenvalue weighted by Gasteiger charge is -2.36. The largest absolute Gasteiger partial charge is 0.458 e. The number of methoxy groups -OCH3 is 1. The van der Waals surface area contributed by atoms with Crippen molar-refractivity contribution in [1.29, 1.82) is 0 Å². The van der Waals surface area contributed by atoms with Gasteiger partial charge in [0.2, 0.25) is 0 Å². The number of nitrogens with zero attached hydrogens (tertiary/aromatic N) is 2. The molecule has 0 saturated carbocycles. The van der Waals surface area contributed by atoms with Crippen LogP contribution in [-0.2, 0) is 23.5 Å². The van der Waals surface area contributed by atoms with Crippen LogP contribution in [-0.4, -0.2) is 74.2 Å². The molecule has 262 valence electrons. The van der Waals surface area contributed by atoms with Crippen LogP contribution in [0.15, 0.2) is 16.2 Å². The summed E-state index contributed by atoms with van der Waals surface area (Å²) in [6.07, 6.45) is 4.71. The van der Waals surface area contributed by atoms with Crippen molar-refractivity contribution in [3.63, 3.8) is 0 Å². The average molecular weight is 661 g/mol. The number of carbonyl (C=O) groups is 2. The zero-order chi connectivity index (χ0) is 34.8. The molecule has 2 aliphatic rings. The molecule has 3 rings (SSSR count). The summed E-state index contributed by atoms with van der Waals surface area (Å²) in [6, 6.07) is 2.12. The van der Waals surface area contributed by atoms with Crippen molar-refractivity contribution in [2.24, 2.45) is 23.2 Å². The van der Waals surface area contributed by atoms with Gasteiger partial charge in [-0.25, -0.2) is 0 Å². The van der Waals surface area contributed by atoms with Gasteiger partial charge >= 0.3 is 5.97 Å². The molecule has 0 radical (unpaired) electrons. The highest BCUT2D eigenvalue weighted by Gasteiger charge is 2.58. The number of esters is 1. The van der Waals surface area contributed by atoms with Gasteiger partial charge in [0, 0.05) is 50.2 Å². The van der Waals surface area contributed by atoms with Gasteiger partial charge in [0.1, 0.15) is 11.9 Å². The number of aryl methyl sites for hydroxylation is 1. The average Bonchev–Trinajstić information content (AvgIpc) is 3.25. The van der Waals surface area contributed by atoms with Crippen molar-refractivity contribution in [3.8, 4) is 0 Å². The van der Waals surface area contributed by atoms with E-state index < -0.39 is 25.9 Å². The molecule has 0 N–H and O–H groups in total. The fourth-order valence-corrected chi connectivity index (χ4v) is 8.14. The monoisotopic (exact) mass is 660 g/mol. The summed E-state index contributed by atoms with van der Waals surface area (Å²) < 4.78 is 24.2. The lowest BCUT2D eigenvalue weighted by Crippen LogP contribution is -2.45. The molecule has 8 atom stereocenters. The number of ketones is 1. The number of ether oxygens (including phenoxy) is 2. The van der Waals surface area contributed by atoms with Crippen molar-refractivity contribution < 1.29 is 28.0 Å². The third-order valence-corrected chi connectivity index (χ3v) is 16.6. The first-order chi connectivity index (χ1) is 21.2. The van der Waals surface area contributed by atoms with Crippen molar-refractivity contribution in [2.75, 3.05) is 20.3 Å². The van der Waals surface area contributed by atoms with Crippen molar-refractivity contribution in [2.45, 2.75) is 150 Å². The fraction of sp³-hybridized carbons (Fsp3) is 0.811. The number of cyclic esters (lactones) is 1. The van der Waals surface area contributed by atoms with E-state index in [1.165, 1.54) is 0 Å². The van der Waals surface area contributed by atoms with Gasteiger partial charge in [-0.3, -0.25) is 14.5 Å². The smallest absolute Gasteiger partial charge is 0.309 e. The van der Waals surface area contributed by atoms with E-state index in [4.69, 9.17) is 18.4 Å². The number of Topliss-reactive ketones (excluding diaryl/α,β-unsaturated/α-hetero) is 1. The van der Waals surface area contributed by atoms with E-state index in [0.29, 0.717) is 24.7 Å². The standard InChI is InChI=1S/C37H64N2O6Si/c1-24-16-15-17-37(11)31(39(37)18-19-43-46(13,14)35(6,7)8)22-30(25(2)20-29-21-26(3)38-45-29)44-33(40)23-32(42-12)36(9,10)34(41)28(5)27(24)4/h20-21,24,27-28,30-32H,15-19,22-23H2,1-14H3/b25-20+/t24-,27-,28+,30-,31-,32-,37+,39?/m0/s1. The Balaban J connectivity index is 1.95. The molecule has 1 aromatic heterocycles. The molecule has 1 unspecified atom stereocenters. The molecule has 2 aliphatic heterocycles. The summed E-state index contributed by atoms with van der Waals surface area (Å²) in [5.74, 6) is 0.869. The van der Waals surface area contributed by atoms with Crippen LogP contribution in [0.5, 0.6) is 0 Å². The molecule has 46 heavy (non-hydrogen) atoms. The molecule has 8 nitrogen and oxygen atoms in total. The second-order valence-electron chi connectivity index (χ2n) is 16.7. The summed E-state index contributed by atoms with van der Waals surface area (Å²) in [4.78, 5) is 30.1. The van der Waals surface area contributed by atoms with Gasteiger partial charge in [0.05, 0.1) is 23.6 Å². The second kappa shape index (κ2) is 14.7. The van der Waals surface area contributed by atoms with E-state index in [-0.39, 0.29) is 46.6 Å². The van der Waals surface area contributed by atoms with Crippen LogP contribution in [0.25, 0.3) is 6.08 Å². The minimum absolute atomic E-state index is 0.00307. The Labute approximate surface area is 280 Å². The number of hydrogen-bond donors (Lipinski definition) is 0. The van der Waals surface area contributed by atoms with Gasteiger partial charge in [0.15, 0.2) is 14.1 Å². The maximum atomic E-state index is 13.9. The number of hydrogen-bond acceptors (Lipinski definition) is 8. The van der Waals surface area contributed by atoms with E-state index in [0.717, 1.165) is 37.1 Å². The minimum atomic E-state index is -1.88. The summed E-state index contributed by atoms with van der Waals surface area (Å²) in [7, 11) is -0.301. The second-order valence-corrected chi connectivity index (χ2v) is 21.5.